The molecule has 3 aromatic heterocycles. The average Bonchev–Trinajstić information content (AvgIpc) is 3.41. The summed E-state index contributed by atoms with van der Waals surface area (Å²) < 4.78 is 9.93. The highest BCUT2D eigenvalue weighted by molar-refractivity contribution is 6.30. The van der Waals surface area contributed by atoms with Crippen LogP contribution in [0, 0.1) is 0 Å². The van der Waals surface area contributed by atoms with Gasteiger partial charge in [-0.2, -0.15) is 5.10 Å². The maximum absolute atomic E-state index is 12.9. The van der Waals surface area contributed by atoms with E-state index in [1.165, 1.54) is 4.40 Å². The largest absolute Gasteiger partial charge is 0.494 e. The highest BCUT2D eigenvalue weighted by atomic mass is 35.5. The summed E-state index contributed by atoms with van der Waals surface area (Å²) in [5.41, 5.74) is 2.84. The van der Waals surface area contributed by atoms with Crippen molar-refractivity contribution in [2.45, 2.75) is 26.3 Å². The van der Waals surface area contributed by atoms with Gasteiger partial charge in [0.05, 0.1) is 12.3 Å². The molecule has 0 saturated heterocycles. The van der Waals surface area contributed by atoms with Gasteiger partial charge in [0.15, 0.2) is 5.65 Å². The molecule has 0 unspecified atom stereocenters. The fourth-order valence-corrected chi connectivity index (χ4v) is 3.93. The Balaban J connectivity index is 1.40. The quantitative estimate of drug-likeness (QED) is 0.327. The number of unbranched alkanes of at least 4 members (excludes halogenated alkanes) is 1. The summed E-state index contributed by atoms with van der Waals surface area (Å²) in [7, 11) is 0. The Morgan fingerprint density at radius 1 is 1.09 bits per heavy atom. The standard InChI is InChI=1S/C25H23ClN6O3/c1-2-3-13-35-20-9-7-17(8-10-20)21-15-22-24-29-32(25(34)30(24)11-12-31(22)28-21)16-23(33)27-19-6-4-5-18(26)14-19/h4-12,14-15H,2-3,13,16H2,1H3,(H,27,33). The van der Waals surface area contributed by atoms with E-state index in [4.69, 9.17) is 16.3 Å². The summed E-state index contributed by atoms with van der Waals surface area (Å²) >= 11 is 5.97. The summed E-state index contributed by atoms with van der Waals surface area (Å²) in [6.07, 6.45) is 5.37. The molecule has 35 heavy (non-hydrogen) atoms. The molecule has 0 aliphatic heterocycles. The van der Waals surface area contributed by atoms with Gasteiger partial charge >= 0.3 is 5.69 Å². The van der Waals surface area contributed by atoms with Crippen molar-refractivity contribution in [2.75, 3.05) is 11.9 Å². The Hall–Kier alpha value is -4.11. The maximum Gasteiger partial charge on any atom is 0.350 e. The van der Waals surface area contributed by atoms with Gasteiger partial charge in [0.1, 0.15) is 17.8 Å². The molecule has 1 amide bonds. The van der Waals surface area contributed by atoms with Crippen LogP contribution in [-0.4, -0.2) is 36.3 Å². The number of halogens is 1. The minimum atomic E-state index is -0.417. The van der Waals surface area contributed by atoms with Crippen molar-refractivity contribution in [3.63, 3.8) is 0 Å². The molecule has 0 fully saturated rings. The number of hydrogen-bond acceptors (Lipinski definition) is 5. The lowest BCUT2D eigenvalue weighted by atomic mass is 10.1. The van der Waals surface area contributed by atoms with Gasteiger partial charge in [0, 0.05) is 28.7 Å². The van der Waals surface area contributed by atoms with Crippen LogP contribution < -0.4 is 15.7 Å². The number of hydrogen-bond donors (Lipinski definition) is 1. The number of rotatable bonds is 8. The lowest BCUT2D eigenvalue weighted by Gasteiger charge is -2.05. The third kappa shape index (κ3) is 4.76. The van der Waals surface area contributed by atoms with Crippen LogP contribution in [0.3, 0.4) is 0 Å². The number of nitrogens with zero attached hydrogens (tertiary/aromatic N) is 5. The number of carbonyl (C=O) groups is 1. The molecule has 0 bridgehead atoms. The number of benzene rings is 2. The number of aromatic nitrogens is 5. The van der Waals surface area contributed by atoms with E-state index in [1.54, 1.807) is 41.2 Å². The van der Waals surface area contributed by atoms with Gasteiger partial charge in [0.25, 0.3) is 0 Å². The smallest absolute Gasteiger partial charge is 0.350 e. The van der Waals surface area contributed by atoms with Gasteiger partial charge in [-0.1, -0.05) is 31.0 Å². The molecular formula is C25H23ClN6O3. The second-order valence-corrected chi connectivity index (χ2v) is 8.51. The number of carbonyl (C=O) groups excluding carboxylic acids is 1. The van der Waals surface area contributed by atoms with Gasteiger partial charge in [0.2, 0.25) is 5.91 Å². The van der Waals surface area contributed by atoms with Crippen molar-refractivity contribution in [1.29, 1.82) is 0 Å². The van der Waals surface area contributed by atoms with Crippen molar-refractivity contribution in [2.24, 2.45) is 0 Å². The molecule has 5 rings (SSSR count). The highest BCUT2D eigenvalue weighted by Gasteiger charge is 2.15. The first-order valence-electron chi connectivity index (χ1n) is 11.3. The van der Waals surface area contributed by atoms with Crippen LogP contribution in [0.1, 0.15) is 19.8 Å². The molecule has 2 aromatic carbocycles. The van der Waals surface area contributed by atoms with Gasteiger partial charge in [-0.05, 0) is 55.0 Å². The average molecular weight is 491 g/mol. The van der Waals surface area contributed by atoms with Crippen molar-refractivity contribution in [1.82, 2.24) is 23.8 Å². The summed E-state index contributed by atoms with van der Waals surface area (Å²) in [5, 5.41) is 12.3. The van der Waals surface area contributed by atoms with E-state index < -0.39 is 5.69 Å². The molecule has 0 radical (unpaired) electrons. The van der Waals surface area contributed by atoms with Gasteiger partial charge < -0.3 is 10.1 Å². The first-order chi connectivity index (χ1) is 17.0. The molecule has 0 saturated carbocycles. The first kappa shape index (κ1) is 22.7. The molecule has 5 aromatic rings. The predicted molar refractivity (Wildman–Crippen MR) is 134 cm³/mol. The van der Waals surface area contributed by atoms with Crippen LogP contribution in [-0.2, 0) is 11.3 Å². The predicted octanol–water partition coefficient (Wildman–Crippen LogP) is 4.28. The number of amides is 1. The summed E-state index contributed by atoms with van der Waals surface area (Å²) in [6.45, 7) is 2.58. The van der Waals surface area contributed by atoms with Gasteiger partial charge in [-0.25, -0.2) is 18.4 Å². The van der Waals surface area contributed by atoms with Crippen LogP contribution in [0.5, 0.6) is 5.75 Å². The molecule has 3 heterocycles. The van der Waals surface area contributed by atoms with E-state index in [2.05, 4.69) is 22.4 Å². The van der Waals surface area contributed by atoms with E-state index in [9.17, 15) is 9.59 Å². The van der Waals surface area contributed by atoms with E-state index >= 15 is 0 Å². The SMILES string of the molecule is CCCCOc1ccc(-c2cc3c4nn(CC(=O)Nc5cccc(Cl)c5)c(=O)n4ccn3n2)cc1. The molecule has 1 N–H and O–H groups in total. The first-order valence-corrected chi connectivity index (χ1v) is 11.7. The minimum Gasteiger partial charge on any atom is -0.494 e. The number of anilines is 1. The molecule has 0 aliphatic rings. The normalized spacial score (nSPS) is 11.3. The van der Waals surface area contributed by atoms with Crippen molar-refractivity contribution in [3.8, 4) is 17.0 Å². The summed E-state index contributed by atoms with van der Waals surface area (Å²) in [6, 6.07) is 16.4. The second kappa shape index (κ2) is 9.63. The summed E-state index contributed by atoms with van der Waals surface area (Å²) in [4.78, 5) is 25.3. The maximum atomic E-state index is 12.9. The second-order valence-electron chi connectivity index (χ2n) is 8.08. The monoisotopic (exact) mass is 490 g/mol. The summed E-state index contributed by atoms with van der Waals surface area (Å²) in [5.74, 6) is 0.430. The lowest BCUT2D eigenvalue weighted by molar-refractivity contribution is -0.117. The minimum absolute atomic E-state index is 0.236. The topological polar surface area (TPSA) is 94.9 Å². The number of nitrogens with one attached hydrogen (secondary N) is 1. The van der Waals surface area contributed by atoms with Gasteiger partial charge in [-0.15, -0.1) is 5.10 Å². The third-order valence-electron chi connectivity index (χ3n) is 5.51. The van der Waals surface area contributed by atoms with Crippen LogP contribution in [0.25, 0.3) is 22.4 Å². The Morgan fingerprint density at radius 2 is 1.91 bits per heavy atom. The Bertz CT molecular complexity index is 1570. The van der Waals surface area contributed by atoms with E-state index in [1.807, 2.05) is 30.3 Å². The molecular weight excluding hydrogens is 468 g/mol. The molecule has 0 spiro atoms. The van der Waals surface area contributed by atoms with Crippen LogP contribution >= 0.6 is 11.6 Å². The molecule has 10 heteroatoms. The van der Waals surface area contributed by atoms with Crippen molar-refractivity contribution < 1.29 is 9.53 Å². The Labute approximate surface area is 205 Å². The van der Waals surface area contributed by atoms with Crippen LogP contribution in [0.2, 0.25) is 5.02 Å². The van der Waals surface area contributed by atoms with Crippen molar-refractivity contribution >= 4 is 34.4 Å². The van der Waals surface area contributed by atoms with E-state index in [0.717, 1.165) is 34.5 Å². The molecule has 0 aliphatic carbocycles. The fourth-order valence-electron chi connectivity index (χ4n) is 3.74. The molecule has 9 nitrogen and oxygen atoms in total. The highest BCUT2D eigenvalue weighted by Crippen LogP contribution is 2.24. The van der Waals surface area contributed by atoms with E-state index in [-0.39, 0.29) is 12.5 Å². The third-order valence-corrected chi connectivity index (χ3v) is 5.75. The van der Waals surface area contributed by atoms with Crippen LogP contribution in [0.4, 0.5) is 5.69 Å². The van der Waals surface area contributed by atoms with Crippen molar-refractivity contribution in [3.05, 3.63) is 82.5 Å². The zero-order chi connectivity index (χ0) is 24.4. The zero-order valence-corrected chi connectivity index (χ0v) is 19.8. The van der Waals surface area contributed by atoms with Gasteiger partial charge in [-0.3, -0.25) is 4.79 Å². The molecule has 178 valence electrons. The van der Waals surface area contributed by atoms with Crippen LogP contribution in [0.15, 0.2) is 71.8 Å². The lowest BCUT2D eigenvalue weighted by Crippen LogP contribution is -2.28. The molecule has 0 atom stereocenters. The number of ether oxygens (including phenoxy) is 1. The van der Waals surface area contributed by atoms with E-state index in [0.29, 0.717) is 28.5 Å². The fraction of sp³-hybridized carbons (Fsp3) is 0.200. The number of fused-ring (bicyclic) bond motifs is 3. The Kier molecular flexibility index (Phi) is 6.24. The Morgan fingerprint density at radius 3 is 2.69 bits per heavy atom. The zero-order valence-electron chi connectivity index (χ0n) is 19.0.